The van der Waals surface area contributed by atoms with E-state index in [4.69, 9.17) is 0 Å². The molecule has 0 saturated heterocycles. The van der Waals surface area contributed by atoms with Crippen molar-refractivity contribution in [2.24, 2.45) is 0 Å². The summed E-state index contributed by atoms with van der Waals surface area (Å²) < 4.78 is 0. The van der Waals surface area contributed by atoms with Gasteiger partial charge in [-0.1, -0.05) is 100 Å². The fourth-order valence-corrected chi connectivity index (χ4v) is 4.55. The molecule has 1 amide bonds. The number of nitrogens with one attached hydrogen (secondary N) is 1. The van der Waals surface area contributed by atoms with Crippen LogP contribution in [0.3, 0.4) is 0 Å². The third-order valence-corrected chi connectivity index (χ3v) is 6.76. The second kappa shape index (κ2) is 20.5. The number of anilines is 2. The van der Waals surface area contributed by atoms with Crippen LogP contribution in [-0.2, 0) is 4.79 Å². The van der Waals surface area contributed by atoms with E-state index in [-0.39, 0.29) is 12.0 Å². The summed E-state index contributed by atoms with van der Waals surface area (Å²) in [5.74, 6) is 0.169. The van der Waals surface area contributed by atoms with Crippen LogP contribution in [0.1, 0.15) is 96.8 Å². The van der Waals surface area contributed by atoms with E-state index in [1.807, 2.05) is 12.1 Å². The third kappa shape index (κ3) is 14.7. The largest absolute Gasteiger partial charge is 0.393 e. The summed E-state index contributed by atoms with van der Waals surface area (Å²) in [5, 5.41) is 13.1. The molecular formula is C33H50N2O2. The lowest BCUT2D eigenvalue weighted by molar-refractivity contribution is -0.121. The molecule has 0 heterocycles. The molecule has 37 heavy (non-hydrogen) atoms. The molecule has 2 aromatic carbocycles. The number of hydrogen-bond acceptors (Lipinski definition) is 3. The van der Waals surface area contributed by atoms with Crippen molar-refractivity contribution in [3.05, 3.63) is 72.8 Å². The third-order valence-electron chi connectivity index (χ3n) is 6.76. The summed E-state index contributed by atoms with van der Waals surface area (Å²) >= 11 is 0. The maximum absolute atomic E-state index is 12.2. The molecule has 1 atom stereocenters. The number of carbonyl (C=O) groups is 1. The number of aliphatic hydroxyl groups excluding tert-OH is 1. The van der Waals surface area contributed by atoms with Crippen molar-refractivity contribution < 1.29 is 9.90 Å². The molecular weight excluding hydrogens is 456 g/mol. The summed E-state index contributed by atoms with van der Waals surface area (Å²) in [6.45, 7) is 3.78. The maximum Gasteiger partial charge on any atom is 0.219 e. The fraction of sp³-hybridized carbons (Fsp3) is 0.545. The molecule has 0 spiro atoms. The van der Waals surface area contributed by atoms with Gasteiger partial charge < -0.3 is 15.3 Å². The zero-order chi connectivity index (χ0) is 26.4. The van der Waals surface area contributed by atoms with Gasteiger partial charge in [0.25, 0.3) is 0 Å². The number of benzene rings is 2. The number of nitrogens with zero attached hydrogens (tertiary/aromatic N) is 1. The molecule has 0 aromatic heterocycles. The van der Waals surface area contributed by atoms with Crippen molar-refractivity contribution in [1.82, 2.24) is 5.32 Å². The zero-order valence-corrected chi connectivity index (χ0v) is 23.1. The van der Waals surface area contributed by atoms with Gasteiger partial charge in [-0.05, 0) is 62.8 Å². The van der Waals surface area contributed by atoms with Crippen LogP contribution in [0.4, 0.5) is 11.4 Å². The highest BCUT2D eigenvalue weighted by Gasteiger charge is 2.09. The van der Waals surface area contributed by atoms with Crippen molar-refractivity contribution in [3.63, 3.8) is 0 Å². The average Bonchev–Trinajstić information content (AvgIpc) is 2.93. The number of para-hydroxylation sites is 2. The monoisotopic (exact) mass is 506 g/mol. The summed E-state index contributed by atoms with van der Waals surface area (Å²) in [6.07, 6.45) is 19.1. The summed E-state index contributed by atoms with van der Waals surface area (Å²) in [7, 11) is 0. The number of aliphatic hydroxyl groups is 1. The summed E-state index contributed by atoms with van der Waals surface area (Å²) in [6, 6.07) is 20.8. The second-order valence-corrected chi connectivity index (χ2v) is 10.0. The van der Waals surface area contributed by atoms with E-state index >= 15 is 0 Å². The van der Waals surface area contributed by atoms with Gasteiger partial charge in [-0.2, -0.15) is 0 Å². The Morgan fingerprint density at radius 2 is 1.43 bits per heavy atom. The van der Waals surface area contributed by atoms with E-state index in [1.165, 1.54) is 49.9 Å². The Morgan fingerprint density at radius 3 is 2.11 bits per heavy atom. The number of carbonyl (C=O) groups excluding carboxylic acids is 1. The topological polar surface area (TPSA) is 52.6 Å². The van der Waals surface area contributed by atoms with E-state index in [2.05, 4.69) is 77.8 Å². The number of rotatable bonds is 21. The standard InChI is InChI=1S/C33H50N2O2/c1-2-3-4-17-25-32(36)26-18-9-7-5-6-8-10-19-27-33(37)34-28-20-29-35(30-21-13-11-14-22-30)31-23-15-12-16-24-31/h9,11-16,18,21-24,32,36H,2-8,10,17,19-20,25-29H2,1H3,(H,34,37)/b18-9-/t32-/m1/s1. The number of allylic oxidation sites excluding steroid dienone is 1. The van der Waals surface area contributed by atoms with Crippen LogP contribution in [0.5, 0.6) is 0 Å². The minimum absolute atomic E-state index is 0.169. The molecule has 0 radical (unpaired) electrons. The SMILES string of the molecule is CCCCCC[C@@H](O)C/C=C\CCCCCCCC(=O)NCCCN(c1ccccc1)c1ccccc1. The summed E-state index contributed by atoms with van der Waals surface area (Å²) in [4.78, 5) is 14.5. The van der Waals surface area contributed by atoms with Gasteiger partial charge in [0.15, 0.2) is 0 Å². The van der Waals surface area contributed by atoms with Gasteiger partial charge in [-0.25, -0.2) is 0 Å². The first-order chi connectivity index (χ1) is 18.2. The minimum atomic E-state index is -0.175. The van der Waals surface area contributed by atoms with Crippen LogP contribution in [-0.4, -0.2) is 30.2 Å². The van der Waals surface area contributed by atoms with E-state index < -0.39 is 0 Å². The molecule has 2 aromatic rings. The Balaban J connectivity index is 1.47. The molecule has 204 valence electrons. The number of hydrogen-bond donors (Lipinski definition) is 2. The predicted octanol–water partition coefficient (Wildman–Crippen LogP) is 8.34. The van der Waals surface area contributed by atoms with Crippen LogP contribution in [0.25, 0.3) is 0 Å². The molecule has 0 fully saturated rings. The highest BCUT2D eigenvalue weighted by molar-refractivity contribution is 5.75. The van der Waals surface area contributed by atoms with E-state index in [0.29, 0.717) is 13.0 Å². The average molecular weight is 507 g/mol. The van der Waals surface area contributed by atoms with E-state index in [0.717, 1.165) is 51.5 Å². The van der Waals surface area contributed by atoms with Crippen molar-refractivity contribution >= 4 is 17.3 Å². The predicted molar refractivity (Wildman–Crippen MR) is 158 cm³/mol. The Labute approximate surface area is 226 Å². The Bertz CT molecular complexity index is 798. The van der Waals surface area contributed by atoms with Crippen molar-refractivity contribution in [1.29, 1.82) is 0 Å². The van der Waals surface area contributed by atoms with Crippen LogP contribution in [0.2, 0.25) is 0 Å². The lowest BCUT2D eigenvalue weighted by Crippen LogP contribution is -2.27. The maximum atomic E-state index is 12.2. The van der Waals surface area contributed by atoms with Crippen molar-refractivity contribution in [2.45, 2.75) is 103 Å². The van der Waals surface area contributed by atoms with Gasteiger partial charge in [0.1, 0.15) is 0 Å². The molecule has 0 aliphatic heterocycles. The molecule has 0 saturated carbocycles. The van der Waals surface area contributed by atoms with Gasteiger partial charge in [0.2, 0.25) is 5.91 Å². The fourth-order valence-electron chi connectivity index (χ4n) is 4.55. The van der Waals surface area contributed by atoms with Crippen molar-refractivity contribution in [3.8, 4) is 0 Å². The Kier molecular flexibility index (Phi) is 16.9. The van der Waals surface area contributed by atoms with E-state index in [1.54, 1.807) is 0 Å². The molecule has 0 unspecified atom stereocenters. The molecule has 0 aliphatic carbocycles. The lowest BCUT2D eigenvalue weighted by atomic mass is 10.1. The Morgan fingerprint density at radius 1 is 0.811 bits per heavy atom. The molecule has 2 N–H and O–H groups in total. The molecule has 4 nitrogen and oxygen atoms in total. The Hall–Kier alpha value is -2.59. The van der Waals surface area contributed by atoms with Gasteiger partial charge in [-0.15, -0.1) is 0 Å². The first kappa shape index (κ1) is 30.6. The first-order valence-electron chi connectivity index (χ1n) is 14.7. The number of amides is 1. The molecule has 0 bridgehead atoms. The van der Waals surface area contributed by atoms with E-state index in [9.17, 15) is 9.90 Å². The smallest absolute Gasteiger partial charge is 0.219 e. The van der Waals surface area contributed by atoms with Crippen LogP contribution in [0, 0.1) is 0 Å². The highest BCUT2D eigenvalue weighted by Crippen LogP contribution is 2.24. The van der Waals surface area contributed by atoms with Gasteiger partial charge >= 0.3 is 0 Å². The summed E-state index contributed by atoms with van der Waals surface area (Å²) in [5.41, 5.74) is 2.34. The molecule has 4 heteroatoms. The first-order valence-corrected chi connectivity index (χ1v) is 14.7. The molecule has 2 rings (SSSR count). The normalized spacial score (nSPS) is 12.1. The van der Waals surface area contributed by atoms with Gasteiger partial charge in [0.05, 0.1) is 6.10 Å². The zero-order valence-electron chi connectivity index (χ0n) is 23.1. The van der Waals surface area contributed by atoms with Gasteiger partial charge in [0, 0.05) is 30.9 Å². The highest BCUT2D eigenvalue weighted by atomic mass is 16.3. The lowest BCUT2D eigenvalue weighted by Gasteiger charge is -2.25. The van der Waals surface area contributed by atoms with Gasteiger partial charge in [-0.3, -0.25) is 4.79 Å². The van der Waals surface area contributed by atoms with Crippen LogP contribution >= 0.6 is 0 Å². The molecule has 0 aliphatic rings. The van der Waals surface area contributed by atoms with Crippen LogP contribution in [0.15, 0.2) is 72.8 Å². The second-order valence-electron chi connectivity index (χ2n) is 10.0. The number of unbranched alkanes of at least 4 members (excludes halogenated alkanes) is 8. The quantitative estimate of drug-likeness (QED) is 0.132. The minimum Gasteiger partial charge on any atom is -0.393 e. The van der Waals surface area contributed by atoms with Crippen molar-refractivity contribution in [2.75, 3.05) is 18.0 Å². The van der Waals surface area contributed by atoms with Crippen LogP contribution < -0.4 is 10.2 Å².